The number of fused-ring (bicyclic) bond motifs is 1. The second-order valence-corrected chi connectivity index (χ2v) is 7.13. The summed E-state index contributed by atoms with van der Waals surface area (Å²) in [4.78, 5) is 15.3. The number of thioether (sulfide) groups is 1. The van der Waals surface area contributed by atoms with Crippen LogP contribution < -0.4 is 9.64 Å². The standard InChI is InChI=1S/C17H15BrFNO2S/c18-12-6-7-15(13(19)10-12)22-11-17(21)20-8-3-9-23-16-5-2-1-4-14(16)20/h1-2,4-7,10H,3,8-9,11H2. The lowest BCUT2D eigenvalue weighted by atomic mass is 10.2. The van der Waals surface area contributed by atoms with E-state index in [0.717, 1.165) is 22.8 Å². The van der Waals surface area contributed by atoms with Gasteiger partial charge in [-0.15, -0.1) is 11.8 Å². The van der Waals surface area contributed by atoms with Gasteiger partial charge in [-0.3, -0.25) is 4.79 Å². The fraction of sp³-hybridized carbons (Fsp3) is 0.235. The molecule has 0 aromatic heterocycles. The van der Waals surface area contributed by atoms with Crippen LogP contribution in [0.2, 0.25) is 0 Å². The third-order valence-corrected chi connectivity index (χ3v) is 5.13. The molecule has 2 aromatic rings. The first-order chi connectivity index (χ1) is 11.1. The van der Waals surface area contributed by atoms with Crippen LogP contribution in [0.4, 0.5) is 10.1 Å². The molecule has 120 valence electrons. The highest BCUT2D eigenvalue weighted by Gasteiger charge is 2.21. The van der Waals surface area contributed by atoms with Gasteiger partial charge >= 0.3 is 0 Å². The summed E-state index contributed by atoms with van der Waals surface area (Å²) >= 11 is 4.94. The van der Waals surface area contributed by atoms with Crippen molar-refractivity contribution in [3.8, 4) is 5.75 Å². The topological polar surface area (TPSA) is 29.5 Å². The summed E-state index contributed by atoms with van der Waals surface area (Å²) < 4.78 is 19.8. The van der Waals surface area contributed by atoms with Crippen LogP contribution in [-0.2, 0) is 4.79 Å². The maximum Gasteiger partial charge on any atom is 0.264 e. The summed E-state index contributed by atoms with van der Waals surface area (Å²) in [6.45, 7) is 0.465. The van der Waals surface area contributed by atoms with Gasteiger partial charge in [-0.1, -0.05) is 28.1 Å². The van der Waals surface area contributed by atoms with Crippen LogP contribution in [0.25, 0.3) is 0 Å². The van der Waals surface area contributed by atoms with Gasteiger partial charge < -0.3 is 9.64 Å². The normalized spacial score (nSPS) is 14.1. The largest absolute Gasteiger partial charge is 0.481 e. The number of carbonyl (C=O) groups is 1. The third kappa shape index (κ3) is 3.87. The van der Waals surface area contributed by atoms with Crippen molar-refractivity contribution in [3.05, 3.63) is 52.8 Å². The quantitative estimate of drug-likeness (QED) is 0.766. The van der Waals surface area contributed by atoms with E-state index in [1.807, 2.05) is 24.3 Å². The molecule has 1 aliphatic rings. The summed E-state index contributed by atoms with van der Waals surface area (Å²) in [5.41, 5.74) is 0.903. The Kier molecular flexibility index (Phi) is 5.23. The molecule has 0 saturated heterocycles. The maximum atomic E-state index is 13.8. The van der Waals surface area contributed by atoms with E-state index >= 15 is 0 Å². The maximum absolute atomic E-state index is 13.8. The first-order valence-corrected chi connectivity index (χ1v) is 9.03. The highest BCUT2D eigenvalue weighted by atomic mass is 79.9. The van der Waals surface area contributed by atoms with Crippen LogP contribution in [-0.4, -0.2) is 24.8 Å². The van der Waals surface area contributed by atoms with E-state index in [2.05, 4.69) is 15.9 Å². The lowest BCUT2D eigenvalue weighted by Gasteiger charge is -2.22. The lowest BCUT2D eigenvalue weighted by Crippen LogP contribution is -2.35. The molecule has 0 radical (unpaired) electrons. The predicted molar refractivity (Wildman–Crippen MR) is 93.7 cm³/mol. The Labute approximate surface area is 146 Å². The smallest absolute Gasteiger partial charge is 0.264 e. The van der Waals surface area contributed by atoms with Crippen molar-refractivity contribution in [1.29, 1.82) is 0 Å². The van der Waals surface area contributed by atoms with E-state index in [-0.39, 0.29) is 18.3 Å². The van der Waals surface area contributed by atoms with E-state index in [1.54, 1.807) is 22.7 Å². The molecule has 0 spiro atoms. The average molecular weight is 396 g/mol. The number of carbonyl (C=O) groups excluding carboxylic acids is 1. The lowest BCUT2D eigenvalue weighted by molar-refractivity contribution is -0.120. The molecule has 0 N–H and O–H groups in total. The van der Waals surface area contributed by atoms with E-state index < -0.39 is 5.82 Å². The number of hydrogen-bond donors (Lipinski definition) is 0. The minimum atomic E-state index is -0.487. The zero-order chi connectivity index (χ0) is 16.2. The minimum Gasteiger partial charge on any atom is -0.481 e. The highest BCUT2D eigenvalue weighted by Crippen LogP contribution is 2.33. The van der Waals surface area contributed by atoms with E-state index in [4.69, 9.17) is 4.74 Å². The molecule has 1 heterocycles. The molecule has 0 fully saturated rings. The van der Waals surface area contributed by atoms with Crippen molar-refractivity contribution >= 4 is 39.3 Å². The Bertz CT molecular complexity index is 725. The zero-order valence-corrected chi connectivity index (χ0v) is 14.7. The van der Waals surface area contributed by atoms with E-state index in [0.29, 0.717) is 11.0 Å². The molecule has 6 heteroatoms. The van der Waals surface area contributed by atoms with Crippen LogP contribution in [0.15, 0.2) is 51.8 Å². The molecular weight excluding hydrogens is 381 g/mol. The van der Waals surface area contributed by atoms with Crippen molar-refractivity contribution in [2.75, 3.05) is 23.8 Å². The van der Waals surface area contributed by atoms with Crippen LogP contribution in [0.1, 0.15) is 6.42 Å². The molecule has 2 aromatic carbocycles. The van der Waals surface area contributed by atoms with Crippen molar-refractivity contribution in [3.63, 3.8) is 0 Å². The number of para-hydroxylation sites is 1. The average Bonchev–Trinajstić information content (AvgIpc) is 2.76. The number of hydrogen-bond acceptors (Lipinski definition) is 3. The summed E-state index contributed by atoms with van der Waals surface area (Å²) in [7, 11) is 0. The molecule has 0 bridgehead atoms. The fourth-order valence-electron chi connectivity index (χ4n) is 2.40. The summed E-state index contributed by atoms with van der Waals surface area (Å²) in [5, 5.41) is 0. The monoisotopic (exact) mass is 395 g/mol. The second-order valence-electron chi connectivity index (χ2n) is 5.08. The van der Waals surface area contributed by atoms with Crippen molar-refractivity contribution < 1.29 is 13.9 Å². The summed E-state index contributed by atoms with van der Waals surface area (Å²) in [6, 6.07) is 12.3. The molecule has 3 rings (SSSR count). The third-order valence-electron chi connectivity index (χ3n) is 3.49. The molecule has 23 heavy (non-hydrogen) atoms. The minimum absolute atomic E-state index is 0.0824. The Balaban J connectivity index is 1.73. The molecule has 0 atom stereocenters. The molecular formula is C17H15BrFNO2S. The van der Waals surface area contributed by atoms with Gasteiger partial charge in [0.05, 0.1) is 5.69 Å². The van der Waals surface area contributed by atoms with Gasteiger partial charge in [-0.05, 0) is 42.5 Å². The van der Waals surface area contributed by atoms with Gasteiger partial charge in [0, 0.05) is 15.9 Å². The van der Waals surface area contributed by atoms with Crippen molar-refractivity contribution in [2.45, 2.75) is 11.3 Å². The van der Waals surface area contributed by atoms with Gasteiger partial charge in [0.2, 0.25) is 0 Å². The van der Waals surface area contributed by atoms with Gasteiger partial charge in [-0.2, -0.15) is 0 Å². The summed E-state index contributed by atoms with van der Waals surface area (Å²) in [6.07, 6.45) is 0.914. The summed E-state index contributed by atoms with van der Waals surface area (Å²) in [5.74, 6) is 0.406. The van der Waals surface area contributed by atoms with Crippen LogP contribution in [0.5, 0.6) is 5.75 Å². The van der Waals surface area contributed by atoms with Gasteiger partial charge in [-0.25, -0.2) is 4.39 Å². The number of anilines is 1. The van der Waals surface area contributed by atoms with Gasteiger partial charge in [0.1, 0.15) is 0 Å². The van der Waals surface area contributed by atoms with E-state index in [9.17, 15) is 9.18 Å². The molecule has 1 amide bonds. The van der Waals surface area contributed by atoms with Crippen LogP contribution >= 0.6 is 27.7 Å². The van der Waals surface area contributed by atoms with Crippen molar-refractivity contribution in [2.24, 2.45) is 0 Å². The van der Waals surface area contributed by atoms with Gasteiger partial charge in [0.25, 0.3) is 5.91 Å². The molecule has 0 unspecified atom stereocenters. The zero-order valence-electron chi connectivity index (χ0n) is 12.3. The number of halogens is 2. The SMILES string of the molecule is O=C(COc1ccc(Br)cc1F)N1CCCSc2ccccc21. The molecule has 1 aliphatic heterocycles. The first-order valence-electron chi connectivity index (χ1n) is 7.25. The Morgan fingerprint density at radius 3 is 2.96 bits per heavy atom. The number of benzene rings is 2. The first kappa shape index (κ1) is 16.3. The van der Waals surface area contributed by atoms with Gasteiger partial charge in [0.15, 0.2) is 18.2 Å². The Morgan fingerprint density at radius 2 is 2.13 bits per heavy atom. The number of rotatable bonds is 3. The fourth-order valence-corrected chi connectivity index (χ4v) is 3.72. The molecule has 3 nitrogen and oxygen atoms in total. The second kappa shape index (κ2) is 7.36. The van der Waals surface area contributed by atoms with Crippen LogP contribution in [0.3, 0.4) is 0 Å². The Hall–Kier alpha value is -1.53. The van der Waals surface area contributed by atoms with E-state index in [1.165, 1.54) is 12.1 Å². The molecule has 0 saturated carbocycles. The highest BCUT2D eigenvalue weighted by molar-refractivity contribution is 9.10. The van der Waals surface area contributed by atoms with Crippen molar-refractivity contribution in [1.82, 2.24) is 0 Å². The molecule has 0 aliphatic carbocycles. The predicted octanol–water partition coefficient (Wildman–Crippen LogP) is 4.50. The van der Waals surface area contributed by atoms with Crippen LogP contribution in [0, 0.1) is 5.82 Å². The number of nitrogens with zero attached hydrogens (tertiary/aromatic N) is 1. The number of amides is 1. The Morgan fingerprint density at radius 1 is 1.30 bits per heavy atom. The number of ether oxygens (including phenoxy) is 1.